The average molecular weight is 378 g/mol. The van der Waals surface area contributed by atoms with E-state index in [0.29, 0.717) is 22.5 Å². The van der Waals surface area contributed by atoms with Crippen LogP contribution in [-0.2, 0) is 0 Å². The number of nitrogens with zero attached hydrogens (tertiary/aromatic N) is 2. The summed E-state index contributed by atoms with van der Waals surface area (Å²) >= 11 is 0. The van der Waals surface area contributed by atoms with Gasteiger partial charge in [-0.15, -0.1) is 0 Å². The molecule has 1 aliphatic heterocycles. The van der Waals surface area contributed by atoms with Crippen molar-refractivity contribution < 1.29 is 9.90 Å². The maximum atomic E-state index is 12.3. The number of fused-ring (bicyclic) bond motifs is 1. The van der Waals surface area contributed by atoms with Crippen molar-refractivity contribution in [3.63, 3.8) is 0 Å². The summed E-state index contributed by atoms with van der Waals surface area (Å²) in [5.41, 5.74) is 9.07. The molecular formula is C20H22N6O2. The van der Waals surface area contributed by atoms with Crippen LogP contribution in [0.15, 0.2) is 53.5 Å². The van der Waals surface area contributed by atoms with Crippen molar-refractivity contribution >= 4 is 29.0 Å². The van der Waals surface area contributed by atoms with Crippen molar-refractivity contribution in [3.05, 3.63) is 65.2 Å². The van der Waals surface area contributed by atoms with E-state index < -0.39 is 6.17 Å². The average Bonchev–Trinajstić information content (AvgIpc) is 2.81. The maximum absolute atomic E-state index is 12.3. The van der Waals surface area contributed by atoms with Gasteiger partial charge in [-0.3, -0.25) is 25.5 Å². The van der Waals surface area contributed by atoms with Gasteiger partial charge in [0, 0.05) is 23.2 Å². The fourth-order valence-electron chi connectivity index (χ4n) is 3.05. The van der Waals surface area contributed by atoms with Crippen LogP contribution >= 0.6 is 0 Å². The summed E-state index contributed by atoms with van der Waals surface area (Å²) in [6.07, 6.45) is -0.949. The van der Waals surface area contributed by atoms with Gasteiger partial charge in [-0.2, -0.15) is 0 Å². The Labute approximate surface area is 162 Å². The molecule has 3 rings (SSSR count). The van der Waals surface area contributed by atoms with Crippen LogP contribution in [0.1, 0.15) is 28.4 Å². The molecule has 1 heterocycles. The van der Waals surface area contributed by atoms with Crippen molar-refractivity contribution in [3.8, 4) is 0 Å². The van der Waals surface area contributed by atoms with E-state index in [-0.39, 0.29) is 30.7 Å². The SMILES string of the molecule is CC(=N)N1C(=N)C(N)N=C(c2ccccc2)c2ccc(C(=O)NCCO)cc21. The topological polar surface area (TPSA) is 139 Å². The standard InChI is InChI=1S/C20H22N6O2/c1-12(21)26-16-11-14(20(28)24-9-10-27)7-8-15(16)17(25-18(22)19(26)23)13-5-3-2-4-6-13/h2-8,11,18,21,23,27H,9-10,22H2,1H3,(H,24,28). The summed E-state index contributed by atoms with van der Waals surface area (Å²) in [5.74, 6) is -0.301. The van der Waals surface area contributed by atoms with Crippen LogP contribution in [0.25, 0.3) is 0 Å². The molecule has 0 aromatic heterocycles. The third-order valence-electron chi connectivity index (χ3n) is 4.33. The van der Waals surface area contributed by atoms with Crippen LogP contribution in [0, 0.1) is 10.8 Å². The first-order chi connectivity index (χ1) is 13.4. The molecule has 0 radical (unpaired) electrons. The first-order valence-electron chi connectivity index (χ1n) is 8.80. The smallest absolute Gasteiger partial charge is 0.251 e. The van der Waals surface area contributed by atoms with Crippen LogP contribution in [0.2, 0.25) is 0 Å². The van der Waals surface area contributed by atoms with E-state index in [4.69, 9.17) is 21.7 Å². The number of carbonyl (C=O) groups excluding carboxylic acids is 1. The normalized spacial score (nSPS) is 16.1. The number of carbonyl (C=O) groups is 1. The van der Waals surface area contributed by atoms with E-state index in [1.54, 1.807) is 25.1 Å². The quantitative estimate of drug-likeness (QED) is 0.404. The number of aliphatic imine (C=N–C) groups is 1. The molecule has 0 aliphatic carbocycles. The minimum Gasteiger partial charge on any atom is -0.395 e. The van der Waals surface area contributed by atoms with Crippen LogP contribution < -0.4 is 16.0 Å². The molecule has 8 nitrogen and oxygen atoms in total. The van der Waals surface area contributed by atoms with Crippen molar-refractivity contribution in [2.45, 2.75) is 13.1 Å². The molecule has 28 heavy (non-hydrogen) atoms. The van der Waals surface area contributed by atoms with Gasteiger partial charge in [0.25, 0.3) is 5.91 Å². The van der Waals surface area contributed by atoms with E-state index >= 15 is 0 Å². The second-order valence-electron chi connectivity index (χ2n) is 6.31. The summed E-state index contributed by atoms with van der Waals surface area (Å²) in [5, 5.41) is 28.1. The molecule has 0 fully saturated rings. The number of benzodiazepines with no additional fused rings is 1. The highest BCUT2D eigenvalue weighted by molar-refractivity contribution is 6.26. The van der Waals surface area contributed by atoms with Crippen molar-refractivity contribution in [1.82, 2.24) is 5.32 Å². The van der Waals surface area contributed by atoms with Crippen molar-refractivity contribution in [2.24, 2.45) is 10.7 Å². The number of amides is 1. The molecule has 2 aromatic carbocycles. The number of anilines is 1. The number of hydrogen-bond acceptors (Lipinski definition) is 6. The van der Waals surface area contributed by atoms with E-state index in [9.17, 15) is 4.79 Å². The highest BCUT2D eigenvalue weighted by Crippen LogP contribution is 2.29. The molecule has 0 saturated carbocycles. The summed E-state index contributed by atoms with van der Waals surface area (Å²) < 4.78 is 0. The third-order valence-corrected chi connectivity index (χ3v) is 4.33. The van der Waals surface area contributed by atoms with Gasteiger partial charge >= 0.3 is 0 Å². The van der Waals surface area contributed by atoms with E-state index in [2.05, 4.69) is 10.3 Å². The maximum Gasteiger partial charge on any atom is 0.251 e. The van der Waals surface area contributed by atoms with Crippen LogP contribution in [0.4, 0.5) is 5.69 Å². The van der Waals surface area contributed by atoms with Gasteiger partial charge in [-0.1, -0.05) is 30.3 Å². The summed E-state index contributed by atoms with van der Waals surface area (Å²) in [6, 6.07) is 14.5. The fourth-order valence-corrected chi connectivity index (χ4v) is 3.05. The molecule has 2 aromatic rings. The molecule has 144 valence electrons. The van der Waals surface area contributed by atoms with Gasteiger partial charge in [-0.05, 0) is 25.1 Å². The monoisotopic (exact) mass is 378 g/mol. The van der Waals surface area contributed by atoms with E-state index in [0.717, 1.165) is 5.56 Å². The number of nitrogens with one attached hydrogen (secondary N) is 3. The molecule has 0 saturated heterocycles. The van der Waals surface area contributed by atoms with Gasteiger partial charge in [0.05, 0.1) is 18.0 Å². The van der Waals surface area contributed by atoms with Crippen molar-refractivity contribution in [1.29, 1.82) is 10.8 Å². The number of amidine groups is 2. The Morgan fingerprint density at radius 2 is 2.00 bits per heavy atom. The molecule has 1 unspecified atom stereocenters. The molecule has 0 bridgehead atoms. The zero-order valence-electron chi connectivity index (χ0n) is 15.4. The zero-order valence-corrected chi connectivity index (χ0v) is 15.4. The lowest BCUT2D eigenvalue weighted by Gasteiger charge is -2.25. The minimum absolute atomic E-state index is 0.0485. The fraction of sp³-hybridized carbons (Fsp3) is 0.200. The first-order valence-corrected chi connectivity index (χ1v) is 8.80. The van der Waals surface area contributed by atoms with Gasteiger partial charge in [0.15, 0.2) is 6.17 Å². The molecule has 0 spiro atoms. The summed E-state index contributed by atoms with van der Waals surface area (Å²) in [4.78, 5) is 18.3. The van der Waals surface area contributed by atoms with E-state index in [1.807, 2.05) is 30.3 Å². The highest BCUT2D eigenvalue weighted by Gasteiger charge is 2.29. The second-order valence-corrected chi connectivity index (χ2v) is 6.31. The Morgan fingerprint density at radius 3 is 2.64 bits per heavy atom. The van der Waals surface area contributed by atoms with Gasteiger partial charge in [0.2, 0.25) is 0 Å². The number of aliphatic hydroxyl groups excluding tert-OH is 1. The molecular weight excluding hydrogens is 356 g/mol. The molecule has 1 atom stereocenters. The predicted octanol–water partition coefficient (Wildman–Crippen LogP) is 1.33. The number of aliphatic hydroxyl groups is 1. The Morgan fingerprint density at radius 1 is 1.29 bits per heavy atom. The van der Waals surface area contributed by atoms with Crippen LogP contribution in [0.5, 0.6) is 0 Å². The van der Waals surface area contributed by atoms with Crippen LogP contribution in [-0.4, -0.2) is 47.7 Å². The zero-order chi connectivity index (χ0) is 20.3. The van der Waals surface area contributed by atoms with Crippen LogP contribution in [0.3, 0.4) is 0 Å². The van der Waals surface area contributed by atoms with Crippen molar-refractivity contribution in [2.75, 3.05) is 18.1 Å². The summed E-state index contributed by atoms with van der Waals surface area (Å²) in [7, 11) is 0. The van der Waals surface area contributed by atoms with Gasteiger partial charge in [0.1, 0.15) is 11.7 Å². The predicted molar refractivity (Wildman–Crippen MR) is 110 cm³/mol. The molecule has 1 amide bonds. The largest absolute Gasteiger partial charge is 0.395 e. The third kappa shape index (κ3) is 3.68. The Hall–Kier alpha value is -3.36. The second kappa shape index (κ2) is 8.12. The lowest BCUT2D eigenvalue weighted by molar-refractivity contribution is 0.0945. The first kappa shape index (κ1) is 19.4. The van der Waals surface area contributed by atoms with E-state index in [1.165, 1.54) is 4.90 Å². The lowest BCUT2D eigenvalue weighted by Crippen LogP contribution is -2.44. The molecule has 8 heteroatoms. The Balaban J connectivity index is 2.19. The molecule has 1 aliphatic rings. The molecule has 6 N–H and O–H groups in total. The summed E-state index contributed by atoms with van der Waals surface area (Å²) in [6.45, 7) is 1.53. The Kier molecular flexibility index (Phi) is 5.62. The van der Waals surface area contributed by atoms with Gasteiger partial charge < -0.3 is 16.2 Å². The number of nitrogens with two attached hydrogens (primary N) is 1. The lowest BCUT2D eigenvalue weighted by atomic mass is 9.98. The number of rotatable bonds is 4. The highest BCUT2D eigenvalue weighted by atomic mass is 16.3. The number of benzene rings is 2. The Bertz CT molecular complexity index is 954. The van der Waals surface area contributed by atoms with Gasteiger partial charge in [-0.25, -0.2) is 0 Å². The number of hydrogen-bond donors (Lipinski definition) is 5. The minimum atomic E-state index is -0.949.